The molecule has 4 rings (SSSR count). The molecule has 148 valence electrons. The normalized spacial score (nSPS) is 11.7. The van der Waals surface area contributed by atoms with Gasteiger partial charge in [-0.25, -0.2) is 15.0 Å². The molecule has 0 spiro atoms. The molecule has 0 saturated heterocycles. The number of fused-ring (bicyclic) bond motifs is 1. The lowest BCUT2D eigenvalue weighted by atomic mass is 10.1. The van der Waals surface area contributed by atoms with Gasteiger partial charge in [0.2, 0.25) is 5.88 Å². The van der Waals surface area contributed by atoms with Gasteiger partial charge in [-0.3, -0.25) is 4.79 Å². The summed E-state index contributed by atoms with van der Waals surface area (Å²) in [4.78, 5) is 29.0. The van der Waals surface area contributed by atoms with Gasteiger partial charge in [0.15, 0.2) is 12.4 Å². The second-order valence-corrected chi connectivity index (χ2v) is 7.16. The molecule has 0 unspecified atom stereocenters. The molecule has 0 aliphatic heterocycles. The molecule has 10 heteroatoms. The van der Waals surface area contributed by atoms with Crippen LogP contribution >= 0.6 is 11.3 Å². The number of aromatic nitrogens is 4. The largest absolute Gasteiger partial charge is 0.467 e. The number of aryl methyl sites for hydroxylation is 1. The number of alkyl halides is 3. The average Bonchev–Trinajstić information content (AvgIpc) is 3.04. The van der Waals surface area contributed by atoms with Gasteiger partial charge >= 0.3 is 6.18 Å². The van der Waals surface area contributed by atoms with Crippen LogP contribution in [0.15, 0.2) is 47.5 Å². The van der Waals surface area contributed by atoms with Gasteiger partial charge in [-0.15, -0.1) is 11.3 Å². The van der Waals surface area contributed by atoms with E-state index in [2.05, 4.69) is 24.7 Å². The predicted molar refractivity (Wildman–Crippen MR) is 103 cm³/mol. The van der Waals surface area contributed by atoms with Crippen LogP contribution in [0, 0.1) is 6.92 Å². The monoisotopic (exact) mass is 418 g/mol. The molecule has 0 aliphatic rings. The van der Waals surface area contributed by atoms with Gasteiger partial charge < -0.3 is 9.72 Å². The van der Waals surface area contributed by atoms with Crippen molar-refractivity contribution in [2.75, 3.05) is 6.61 Å². The third kappa shape index (κ3) is 3.97. The standard InChI is InChI=1S/C19H13F3N4O2S/c1-10-14-17(27)25-16(12-7-24-13(8-23-12)28-9-19(20,21)22)26-18(14)29-15(10)11-5-3-2-4-6-11/h2-8H,9H2,1H3,(H,25,26,27). The number of rotatable bonds is 4. The van der Waals surface area contributed by atoms with Crippen molar-refractivity contribution in [1.82, 2.24) is 19.9 Å². The number of H-pyrrole nitrogens is 1. The van der Waals surface area contributed by atoms with E-state index in [1.807, 2.05) is 37.3 Å². The number of nitrogens with zero attached hydrogens (tertiary/aromatic N) is 3. The van der Waals surface area contributed by atoms with Crippen LogP contribution in [0.5, 0.6) is 5.88 Å². The van der Waals surface area contributed by atoms with Crippen LogP contribution in [0.25, 0.3) is 32.2 Å². The highest BCUT2D eigenvalue weighted by atomic mass is 32.1. The zero-order valence-corrected chi connectivity index (χ0v) is 15.8. The Morgan fingerprint density at radius 1 is 1.14 bits per heavy atom. The number of thiophene rings is 1. The second-order valence-electron chi connectivity index (χ2n) is 6.16. The van der Waals surface area contributed by atoms with E-state index >= 15 is 0 Å². The van der Waals surface area contributed by atoms with Crippen LogP contribution in [0.4, 0.5) is 13.2 Å². The predicted octanol–water partition coefficient (Wildman–Crippen LogP) is 4.36. The molecule has 0 aliphatic carbocycles. The Hall–Kier alpha value is -3.27. The Bertz CT molecular complexity index is 1220. The van der Waals surface area contributed by atoms with E-state index in [4.69, 9.17) is 0 Å². The Labute approximate surface area is 166 Å². The molecule has 0 radical (unpaired) electrons. The fraction of sp³-hybridized carbons (Fsp3) is 0.158. The maximum atomic E-state index is 12.6. The number of ether oxygens (including phenoxy) is 1. The molecule has 3 heterocycles. The summed E-state index contributed by atoms with van der Waals surface area (Å²) in [6, 6.07) is 9.66. The summed E-state index contributed by atoms with van der Waals surface area (Å²) in [6.45, 7) is 0.406. The highest BCUT2D eigenvalue weighted by Gasteiger charge is 2.28. The van der Waals surface area contributed by atoms with E-state index in [1.165, 1.54) is 17.5 Å². The number of hydrogen-bond donors (Lipinski definition) is 1. The van der Waals surface area contributed by atoms with Crippen LogP contribution in [0.2, 0.25) is 0 Å². The van der Waals surface area contributed by atoms with Gasteiger partial charge in [-0.2, -0.15) is 13.2 Å². The zero-order chi connectivity index (χ0) is 20.6. The van der Waals surface area contributed by atoms with Crippen molar-refractivity contribution < 1.29 is 17.9 Å². The third-order valence-electron chi connectivity index (χ3n) is 4.09. The lowest BCUT2D eigenvalue weighted by molar-refractivity contribution is -0.154. The molecule has 3 aromatic heterocycles. The first-order chi connectivity index (χ1) is 13.8. The number of aromatic amines is 1. The maximum Gasteiger partial charge on any atom is 0.422 e. The summed E-state index contributed by atoms with van der Waals surface area (Å²) < 4.78 is 41.2. The van der Waals surface area contributed by atoms with Crippen LogP contribution in [-0.4, -0.2) is 32.7 Å². The summed E-state index contributed by atoms with van der Waals surface area (Å²) in [5, 5.41) is 0.496. The van der Waals surface area contributed by atoms with Gasteiger partial charge in [-0.05, 0) is 18.1 Å². The number of nitrogens with one attached hydrogen (secondary N) is 1. The second kappa shape index (κ2) is 7.28. The van der Waals surface area contributed by atoms with Gasteiger partial charge in [-0.1, -0.05) is 30.3 Å². The molecule has 0 amide bonds. The molecule has 0 bridgehead atoms. The third-order valence-corrected chi connectivity index (χ3v) is 5.33. The molecule has 0 atom stereocenters. The van der Waals surface area contributed by atoms with Gasteiger partial charge in [0.05, 0.1) is 17.8 Å². The number of halogens is 3. The summed E-state index contributed by atoms with van der Waals surface area (Å²) in [5.74, 6) is -0.0916. The molecule has 1 aromatic carbocycles. The summed E-state index contributed by atoms with van der Waals surface area (Å²) in [5.41, 5.74) is 1.72. The van der Waals surface area contributed by atoms with E-state index in [0.29, 0.717) is 10.2 Å². The topological polar surface area (TPSA) is 80.8 Å². The summed E-state index contributed by atoms with van der Waals surface area (Å²) in [6.07, 6.45) is -2.21. The Morgan fingerprint density at radius 3 is 2.55 bits per heavy atom. The van der Waals surface area contributed by atoms with Crippen LogP contribution < -0.4 is 10.3 Å². The minimum Gasteiger partial charge on any atom is -0.467 e. The van der Waals surface area contributed by atoms with Crippen molar-refractivity contribution >= 4 is 21.6 Å². The minimum atomic E-state index is -4.47. The van der Waals surface area contributed by atoms with Crippen molar-refractivity contribution in [3.05, 3.63) is 58.6 Å². The highest BCUT2D eigenvalue weighted by molar-refractivity contribution is 7.22. The van der Waals surface area contributed by atoms with E-state index in [9.17, 15) is 18.0 Å². The van der Waals surface area contributed by atoms with Crippen molar-refractivity contribution in [1.29, 1.82) is 0 Å². The quantitative estimate of drug-likeness (QED) is 0.533. The Kier molecular flexibility index (Phi) is 4.79. The zero-order valence-electron chi connectivity index (χ0n) is 14.9. The number of hydrogen-bond acceptors (Lipinski definition) is 6. The lowest BCUT2D eigenvalue weighted by Gasteiger charge is -2.08. The maximum absolute atomic E-state index is 12.6. The molecule has 0 fully saturated rings. The van der Waals surface area contributed by atoms with E-state index in [-0.39, 0.29) is 23.0 Å². The minimum absolute atomic E-state index is 0.179. The van der Waals surface area contributed by atoms with Crippen LogP contribution in [-0.2, 0) is 0 Å². The van der Waals surface area contributed by atoms with Gasteiger partial charge in [0, 0.05) is 4.88 Å². The lowest BCUT2D eigenvalue weighted by Crippen LogP contribution is -2.19. The average molecular weight is 418 g/mol. The molecule has 0 saturated carbocycles. The first-order valence-electron chi connectivity index (χ1n) is 8.42. The molecule has 1 N–H and O–H groups in total. The molecular formula is C19H13F3N4O2S. The molecule has 4 aromatic rings. The van der Waals surface area contributed by atoms with E-state index < -0.39 is 12.8 Å². The fourth-order valence-corrected chi connectivity index (χ4v) is 3.99. The number of benzene rings is 1. The van der Waals surface area contributed by atoms with Gasteiger partial charge in [0.25, 0.3) is 5.56 Å². The summed E-state index contributed by atoms with van der Waals surface area (Å²) >= 11 is 1.39. The highest BCUT2D eigenvalue weighted by Crippen LogP contribution is 2.36. The Balaban J connectivity index is 1.70. The SMILES string of the molecule is Cc1c(-c2ccccc2)sc2nc(-c3cnc(OCC(F)(F)F)cn3)[nH]c(=O)c12. The van der Waals surface area contributed by atoms with Crippen LogP contribution in [0.1, 0.15) is 5.56 Å². The smallest absolute Gasteiger partial charge is 0.422 e. The van der Waals surface area contributed by atoms with Gasteiger partial charge in [0.1, 0.15) is 10.5 Å². The van der Waals surface area contributed by atoms with E-state index in [1.54, 1.807) is 0 Å². The van der Waals surface area contributed by atoms with Crippen LogP contribution in [0.3, 0.4) is 0 Å². The molecule has 29 heavy (non-hydrogen) atoms. The Morgan fingerprint density at radius 2 is 1.90 bits per heavy atom. The fourth-order valence-electron chi connectivity index (χ4n) is 2.80. The van der Waals surface area contributed by atoms with E-state index in [0.717, 1.165) is 22.2 Å². The van der Waals surface area contributed by atoms with Crippen molar-refractivity contribution in [3.8, 4) is 27.8 Å². The van der Waals surface area contributed by atoms with Crippen molar-refractivity contribution in [3.63, 3.8) is 0 Å². The first-order valence-corrected chi connectivity index (χ1v) is 9.24. The van der Waals surface area contributed by atoms with Crippen molar-refractivity contribution in [2.45, 2.75) is 13.1 Å². The molecular weight excluding hydrogens is 405 g/mol. The summed E-state index contributed by atoms with van der Waals surface area (Å²) in [7, 11) is 0. The molecule has 6 nitrogen and oxygen atoms in total. The first kappa shape index (κ1) is 19.1. The van der Waals surface area contributed by atoms with Crippen molar-refractivity contribution in [2.24, 2.45) is 0 Å².